The molecule has 0 saturated heterocycles. The summed E-state index contributed by atoms with van der Waals surface area (Å²) in [7, 11) is 0. The van der Waals surface area contributed by atoms with Crippen LogP contribution in [0.25, 0.3) is 0 Å². The summed E-state index contributed by atoms with van der Waals surface area (Å²) in [6, 6.07) is 7.10. The van der Waals surface area contributed by atoms with Crippen molar-refractivity contribution in [1.29, 1.82) is 0 Å². The Bertz CT molecular complexity index is 454. The molecule has 0 spiro atoms. The number of hydrogen-bond donors (Lipinski definition) is 2. The lowest BCUT2D eigenvalue weighted by atomic mass is 9.85. The summed E-state index contributed by atoms with van der Waals surface area (Å²) in [5, 5.41) is 23.9. The van der Waals surface area contributed by atoms with E-state index in [1.54, 1.807) is 38.1 Å². The largest absolute Gasteiger partial charge is 0.549 e. The fourth-order valence-electron chi connectivity index (χ4n) is 1.71. The molecule has 0 radical (unpaired) electrons. The number of aliphatic hydroxyl groups is 1. The zero-order valence-corrected chi connectivity index (χ0v) is 13.1. The van der Waals surface area contributed by atoms with E-state index in [2.05, 4.69) is 5.32 Å². The van der Waals surface area contributed by atoms with Gasteiger partial charge in [-0.25, -0.2) is 0 Å². The molecular formula is C16H24NO4-. The molecule has 0 heterocycles. The number of aliphatic hydroxyl groups excluding tert-OH is 1. The summed E-state index contributed by atoms with van der Waals surface area (Å²) in [5.74, 6) is -0.525. The molecule has 0 amide bonds. The lowest BCUT2D eigenvalue weighted by Gasteiger charge is -2.26. The molecule has 0 aliphatic rings. The first-order chi connectivity index (χ1) is 9.73. The van der Waals surface area contributed by atoms with Crippen molar-refractivity contribution < 1.29 is 19.7 Å². The molecule has 0 aliphatic heterocycles. The fourth-order valence-corrected chi connectivity index (χ4v) is 1.71. The Morgan fingerprint density at radius 2 is 1.90 bits per heavy atom. The number of carboxylic acid groups (broad SMARTS) is 1. The van der Waals surface area contributed by atoms with Crippen molar-refractivity contribution in [1.82, 2.24) is 5.32 Å². The van der Waals surface area contributed by atoms with Crippen LogP contribution < -0.4 is 15.2 Å². The van der Waals surface area contributed by atoms with Crippen LogP contribution in [0, 0.1) is 0 Å². The smallest absolute Gasteiger partial charge is 0.119 e. The van der Waals surface area contributed by atoms with E-state index in [9.17, 15) is 15.0 Å². The predicted octanol–water partition coefficient (Wildman–Crippen LogP) is 0.452. The van der Waals surface area contributed by atoms with Crippen LogP contribution >= 0.6 is 0 Å². The second kappa shape index (κ2) is 7.43. The molecule has 5 nitrogen and oxygen atoms in total. The first-order valence-electron chi connectivity index (χ1n) is 7.09. The molecule has 118 valence electrons. The Labute approximate surface area is 125 Å². The third-order valence-electron chi connectivity index (χ3n) is 3.29. The van der Waals surface area contributed by atoms with Crippen molar-refractivity contribution >= 4 is 5.97 Å². The first kappa shape index (κ1) is 17.5. The number of aliphatic carboxylic acids is 1. The van der Waals surface area contributed by atoms with Crippen LogP contribution in [0.3, 0.4) is 0 Å². The molecule has 5 heteroatoms. The van der Waals surface area contributed by atoms with Crippen molar-refractivity contribution in [2.45, 2.75) is 45.3 Å². The van der Waals surface area contributed by atoms with Gasteiger partial charge in [0.25, 0.3) is 0 Å². The van der Waals surface area contributed by atoms with E-state index in [0.29, 0.717) is 23.9 Å². The quantitative estimate of drug-likeness (QED) is 0.727. The van der Waals surface area contributed by atoms with Gasteiger partial charge >= 0.3 is 0 Å². The van der Waals surface area contributed by atoms with Gasteiger partial charge in [-0.3, -0.25) is 0 Å². The lowest BCUT2D eigenvalue weighted by molar-refractivity contribution is -0.312. The summed E-state index contributed by atoms with van der Waals surface area (Å²) >= 11 is 0. The highest BCUT2D eigenvalue weighted by Crippen LogP contribution is 2.24. The molecular weight excluding hydrogens is 270 g/mol. The van der Waals surface area contributed by atoms with Gasteiger partial charge < -0.3 is 25.1 Å². The fraction of sp³-hybridized carbons (Fsp3) is 0.562. The van der Waals surface area contributed by atoms with Crippen LogP contribution in [0.5, 0.6) is 5.75 Å². The Morgan fingerprint density at radius 1 is 1.33 bits per heavy atom. The number of benzene rings is 1. The van der Waals surface area contributed by atoms with Gasteiger partial charge in [-0.2, -0.15) is 0 Å². The van der Waals surface area contributed by atoms with Gasteiger partial charge in [0, 0.05) is 18.0 Å². The van der Waals surface area contributed by atoms with Crippen LogP contribution in [0.1, 0.15) is 33.3 Å². The molecule has 0 bridgehead atoms. The van der Waals surface area contributed by atoms with Crippen molar-refractivity contribution in [3.63, 3.8) is 0 Å². The first-order valence-corrected chi connectivity index (χ1v) is 7.09. The molecule has 1 aromatic carbocycles. The van der Waals surface area contributed by atoms with Crippen LogP contribution in [-0.2, 0) is 10.2 Å². The van der Waals surface area contributed by atoms with Crippen LogP contribution in [0.2, 0.25) is 0 Å². The zero-order chi connectivity index (χ0) is 16.0. The number of rotatable bonds is 8. The summed E-state index contributed by atoms with van der Waals surface area (Å²) < 4.78 is 5.48. The van der Waals surface area contributed by atoms with Crippen molar-refractivity contribution in [2.75, 3.05) is 13.2 Å². The highest BCUT2D eigenvalue weighted by Gasteiger charge is 2.21. The number of hydrogen-bond acceptors (Lipinski definition) is 5. The maximum atomic E-state index is 11.1. The summed E-state index contributed by atoms with van der Waals surface area (Å²) in [4.78, 5) is 11.1. The molecule has 1 atom stereocenters. The normalized spacial score (nSPS) is 13.2. The number of carbonyl (C=O) groups excluding carboxylic acids is 1. The molecule has 2 N–H and O–H groups in total. The monoisotopic (exact) mass is 294 g/mol. The minimum Gasteiger partial charge on any atom is -0.549 e. The van der Waals surface area contributed by atoms with Gasteiger partial charge in [-0.1, -0.05) is 39.8 Å². The molecule has 0 aliphatic carbocycles. The number of carboxylic acids is 1. The predicted molar refractivity (Wildman–Crippen MR) is 79.1 cm³/mol. The van der Waals surface area contributed by atoms with E-state index >= 15 is 0 Å². The standard InChI is InChI=1S/C16H25NO4/c1-11(2)17-9-13(18)10-21-14-7-5-12(6-8-14)16(3,4)15(19)20/h5-8,11,13,17-18H,9-10H2,1-4H3,(H,19,20)/p-1. The minimum atomic E-state index is -1.12. The van der Waals surface area contributed by atoms with Gasteiger partial charge in [0.05, 0.1) is 5.97 Å². The third kappa shape index (κ3) is 5.36. The molecule has 1 unspecified atom stereocenters. The van der Waals surface area contributed by atoms with E-state index in [1.807, 2.05) is 13.8 Å². The van der Waals surface area contributed by atoms with Crippen molar-refractivity contribution in [2.24, 2.45) is 0 Å². The summed E-state index contributed by atoms with van der Waals surface area (Å²) in [5.41, 5.74) is -0.393. The van der Waals surface area contributed by atoms with E-state index in [0.717, 1.165) is 0 Å². The van der Waals surface area contributed by atoms with E-state index in [1.165, 1.54) is 0 Å². The minimum absolute atomic E-state index is 0.183. The molecule has 1 aromatic rings. The highest BCUT2D eigenvalue weighted by atomic mass is 16.5. The zero-order valence-electron chi connectivity index (χ0n) is 13.1. The Hall–Kier alpha value is -1.59. The van der Waals surface area contributed by atoms with Crippen LogP contribution in [0.4, 0.5) is 0 Å². The van der Waals surface area contributed by atoms with E-state index < -0.39 is 17.5 Å². The SMILES string of the molecule is CC(C)NCC(O)COc1ccc(C(C)(C)C(=O)[O-])cc1. The van der Waals surface area contributed by atoms with Crippen LogP contribution in [-0.4, -0.2) is 36.4 Å². The third-order valence-corrected chi connectivity index (χ3v) is 3.29. The summed E-state index contributed by atoms with van der Waals surface area (Å²) in [6.45, 7) is 7.85. The maximum absolute atomic E-state index is 11.1. The summed E-state index contributed by atoms with van der Waals surface area (Å²) in [6.07, 6.45) is -0.591. The van der Waals surface area contributed by atoms with Gasteiger partial charge in [-0.05, 0) is 17.7 Å². The topological polar surface area (TPSA) is 81.6 Å². The number of carbonyl (C=O) groups is 1. The molecule has 21 heavy (non-hydrogen) atoms. The average Bonchev–Trinajstić information content (AvgIpc) is 2.43. The van der Waals surface area contributed by atoms with Gasteiger partial charge in [0.1, 0.15) is 18.5 Å². The number of ether oxygens (including phenoxy) is 1. The molecule has 0 fully saturated rings. The van der Waals surface area contributed by atoms with Gasteiger partial charge in [0.15, 0.2) is 0 Å². The average molecular weight is 294 g/mol. The number of nitrogens with one attached hydrogen (secondary N) is 1. The second-order valence-corrected chi connectivity index (χ2v) is 5.96. The van der Waals surface area contributed by atoms with E-state index in [4.69, 9.17) is 4.74 Å². The Kier molecular flexibility index (Phi) is 6.18. The van der Waals surface area contributed by atoms with Crippen LogP contribution in [0.15, 0.2) is 24.3 Å². The maximum Gasteiger partial charge on any atom is 0.119 e. The lowest BCUT2D eigenvalue weighted by Crippen LogP contribution is -2.41. The molecule has 1 rings (SSSR count). The van der Waals surface area contributed by atoms with Gasteiger partial charge in [0.2, 0.25) is 0 Å². The second-order valence-electron chi connectivity index (χ2n) is 5.96. The molecule has 0 saturated carbocycles. The Morgan fingerprint density at radius 3 is 2.38 bits per heavy atom. The Balaban J connectivity index is 2.54. The van der Waals surface area contributed by atoms with Crippen molar-refractivity contribution in [3.05, 3.63) is 29.8 Å². The van der Waals surface area contributed by atoms with Crippen molar-refractivity contribution in [3.8, 4) is 5.75 Å². The van der Waals surface area contributed by atoms with Gasteiger partial charge in [-0.15, -0.1) is 0 Å². The van der Waals surface area contributed by atoms with E-state index in [-0.39, 0.29) is 6.61 Å². The highest BCUT2D eigenvalue weighted by molar-refractivity contribution is 5.78. The molecule has 0 aromatic heterocycles.